The first-order valence-corrected chi connectivity index (χ1v) is 10.3. The predicted octanol–water partition coefficient (Wildman–Crippen LogP) is 7.48. The fourth-order valence-electron chi connectivity index (χ4n) is 4.01. The minimum Gasteiger partial charge on any atom is -0.292 e. The molecular weight excluding hydrogens is 364 g/mol. The summed E-state index contributed by atoms with van der Waals surface area (Å²) in [5.41, 5.74) is 7.32. The smallest absolute Gasteiger partial charge is 0.145 e. The third kappa shape index (κ3) is 3.21. The molecule has 0 spiro atoms. The summed E-state index contributed by atoms with van der Waals surface area (Å²) in [4.78, 5) is 5.07. The van der Waals surface area contributed by atoms with Gasteiger partial charge in [0.05, 0.1) is 16.7 Å². The first-order chi connectivity index (χ1) is 15.0. The Balaban J connectivity index is 1.81. The molecule has 0 aliphatic carbocycles. The molecule has 0 saturated heterocycles. The molecule has 0 aliphatic heterocycles. The highest BCUT2D eigenvalue weighted by Crippen LogP contribution is 2.34. The number of benzene rings is 4. The molecule has 0 radical (unpaired) electrons. The zero-order valence-corrected chi connectivity index (χ0v) is 17.2. The summed E-state index contributed by atoms with van der Waals surface area (Å²) in [6, 6.07) is 35.3. The molecule has 0 fully saturated rings. The van der Waals surface area contributed by atoms with Crippen molar-refractivity contribution in [2.24, 2.45) is 0 Å². The molecule has 146 valence electrons. The van der Waals surface area contributed by atoms with E-state index in [-0.39, 0.29) is 0 Å². The maximum Gasteiger partial charge on any atom is 0.145 e. The van der Waals surface area contributed by atoms with Crippen LogP contribution in [0.15, 0.2) is 103 Å². The topological polar surface area (TPSA) is 17.8 Å². The van der Waals surface area contributed by atoms with Gasteiger partial charge in [-0.15, -0.1) is 0 Å². The van der Waals surface area contributed by atoms with E-state index in [0.717, 1.165) is 39.2 Å². The number of rotatable bonds is 4. The highest BCUT2D eigenvalue weighted by molar-refractivity contribution is 5.87. The van der Waals surface area contributed by atoms with E-state index in [1.54, 1.807) is 0 Å². The molecule has 1 heterocycles. The van der Waals surface area contributed by atoms with Gasteiger partial charge < -0.3 is 0 Å². The van der Waals surface area contributed by atoms with Gasteiger partial charge >= 0.3 is 0 Å². The maximum atomic E-state index is 8.71. The zero-order valence-electron chi connectivity index (χ0n) is 18.2. The summed E-state index contributed by atoms with van der Waals surface area (Å²) >= 11 is 0. The molecule has 5 aromatic rings. The number of nitrogens with zero attached hydrogens (tertiary/aromatic N) is 2. The number of fused-ring (bicyclic) bond motifs is 1. The van der Waals surface area contributed by atoms with Crippen LogP contribution in [0.1, 0.15) is 26.7 Å². The van der Waals surface area contributed by atoms with E-state index in [1.807, 2.05) is 56.3 Å². The van der Waals surface area contributed by atoms with E-state index in [4.69, 9.17) is 6.35 Å². The molecule has 1 aromatic heterocycles. The lowest BCUT2D eigenvalue weighted by Crippen LogP contribution is -2.03. The second-order valence-electron chi connectivity index (χ2n) is 7.72. The van der Waals surface area contributed by atoms with Crippen molar-refractivity contribution in [1.29, 1.82) is 0 Å². The molecule has 0 unspecified atom stereocenters. The van der Waals surface area contributed by atoms with Gasteiger partial charge in [-0.05, 0) is 40.8 Å². The number of hydrogen-bond donors (Lipinski definition) is 0. The van der Waals surface area contributed by atoms with Crippen molar-refractivity contribution in [3.05, 3.63) is 109 Å². The Morgan fingerprint density at radius 2 is 1.33 bits per heavy atom. The van der Waals surface area contributed by atoms with E-state index in [0.29, 0.717) is 0 Å². The van der Waals surface area contributed by atoms with Crippen molar-refractivity contribution in [1.82, 2.24) is 9.55 Å². The summed E-state index contributed by atoms with van der Waals surface area (Å²) in [6.45, 7) is 3.86. The average Bonchev–Trinajstić information content (AvgIpc) is 3.18. The first kappa shape index (κ1) is 17.2. The third-order valence-corrected chi connectivity index (χ3v) is 5.48. The van der Waals surface area contributed by atoms with E-state index in [1.165, 1.54) is 5.56 Å². The van der Waals surface area contributed by atoms with E-state index < -0.39 is 5.89 Å². The third-order valence-electron chi connectivity index (χ3n) is 5.48. The fraction of sp³-hybridized carbons (Fsp3) is 0.107. The van der Waals surface area contributed by atoms with Crippen molar-refractivity contribution in [3.8, 4) is 28.2 Å². The summed E-state index contributed by atoms with van der Waals surface area (Å²) in [5, 5.41) is 0. The number of aromatic nitrogens is 2. The van der Waals surface area contributed by atoms with Gasteiger partial charge in [0, 0.05) is 6.93 Å². The first-order valence-electron chi connectivity index (χ1n) is 10.8. The fourth-order valence-corrected chi connectivity index (χ4v) is 4.01. The van der Waals surface area contributed by atoms with Gasteiger partial charge in [0.2, 0.25) is 0 Å². The maximum absolute atomic E-state index is 8.71. The van der Waals surface area contributed by atoms with Crippen LogP contribution < -0.4 is 0 Å². The molecule has 0 N–H and O–H groups in total. The molecule has 0 aliphatic rings. The number of para-hydroxylation sites is 1. The molecule has 0 bridgehead atoms. The van der Waals surface area contributed by atoms with Gasteiger partial charge in [-0.3, -0.25) is 4.57 Å². The Labute approximate surface area is 178 Å². The van der Waals surface area contributed by atoms with Crippen molar-refractivity contribution in [2.75, 3.05) is 0 Å². The zero-order chi connectivity index (χ0) is 21.4. The summed E-state index contributed by atoms with van der Waals surface area (Å²) in [6.07, 6.45) is 0. The normalized spacial score (nSPS) is 12.1. The van der Waals surface area contributed by atoms with E-state index >= 15 is 0 Å². The molecule has 2 heteroatoms. The highest BCUT2D eigenvalue weighted by Gasteiger charge is 2.18. The summed E-state index contributed by atoms with van der Waals surface area (Å²) < 4.78 is 10.9. The molecule has 30 heavy (non-hydrogen) atoms. The monoisotopic (exact) mass is 389 g/mol. The Bertz CT molecular complexity index is 1350. The molecule has 4 aromatic carbocycles. The Kier molecular flexibility index (Phi) is 4.39. The molecule has 5 rings (SSSR count). The Hall–Kier alpha value is -3.65. The van der Waals surface area contributed by atoms with E-state index in [9.17, 15) is 0 Å². The molecule has 0 atom stereocenters. The molecule has 0 saturated carbocycles. The van der Waals surface area contributed by atoms with Crippen LogP contribution in [0.25, 0.3) is 39.2 Å². The lowest BCUT2D eigenvalue weighted by Gasteiger charge is -2.16. The molecular formula is C28H24N2. The van der Waals surface area contributed by atoms with Crippen LogP contribution in [0.2, 0.25) is 0 Å². The lowest BCUT2D eigenvalue weighted by atomic mass is 10.0. The van der Waals surface area contributed by atoms with Crippen LogP contribution in [-0.2, 0) is 0 Å². The Morgan fingerprint density at radius 3 is 2.03 bits per heavy atom. The van der Waals surface area contributed by atoms with Crippen LogP contribution in [-0.4, -0.2) is 9.55 Å². The predicted molar refractivity (Wildman–Crippen MR) is 126 cm³/mol. The summed E-state index contributed by atoms with van der Waals surface area (Å²) in [5.74, 6) is 0.156. The quantitative estimate of drug-likeness (QED) is 0.311. The van der Waals surface area contributed by atoms with Crippen LogP contribution in [0, 0.1) is 0 Å². The largest absolute Gasteiger partial charge is 0.292 e. The van der Waals surface area contributed by atoms with Gasteiger partial charge in [-0.25, -0.2) is 4.98 Å². The SMILES string of the molecule is [2H]C(C)(C)c1ccccc1-n1c(-c2ccccc2)nc2cc(-c3ccccc3)ccc21. The second-order valence-corrected chi connectivity index (χ2v) is 7.72. The Morgan fingerprint density at radius 1 is 0.700 bits per heavy atom. The molecule has 2 nitrogen and oxygen atoms in total. The van der Waals surface area contributed by atoms with E-state index in [2.05, 4.69) is 65.2 Å². The van der Waals surface area contributed by atoms with Crippen LogP contribution in [0.5, 0.6) is 0 Å². The van der Waals surface area contributed by atoms with Gasteiger partial charge in [0.15, 0.2) is 0 Å². The summed E-state index contributed by atoms with van der Waals surface area (Å²) in [7, 11) is 0. The minimum absolute atomic E-state index is 0.731. The van der Waals surface area contributed by atoms with Crippen molar-refractivity contribution in [3.63, 3.8) is 0 Å². The van der Waals surface area contributed by atoms with Crippen molar-refractivity contribution in [2.45, 2.75) is 19.7 Å². The standard InChI is InChI=1S/C28H24N2/c1-20(2)24-15-9-10-16-26(24)30-27-18-17-23(21-11-5-3-6-12-21)19-25(27)29-28(30)22-13-7-4-8-14-22/h3-20H,1-2H3/i20D. The van der Waals surface area contributed by atoms with Crippen molar-refractivity contribution < 1.29 is 1.37 Å². The van der Waals surface area contributed by atoms with Crippen LogP contribution >= 0.6 is 0 Å². The van der Waals surface area contributed by atoms with Gasteiger partial charge in [-0.2, -0.15) is 0 Å². The van der Waals surface area contributed by atoms with Gasteiger partial charge in [0.1, 0.15) is 5.82 Å². The lowest BCUT2D eigenvalue weighted by molar-refractivity contribution is 0.851. The highest BCUT2D eigenvalue weighted by atomic mass is 15.1. The average molecular weight is 390 g/mol. The van der Waals surface area contributed by atoms with Gasteiger partial charge in [0.25, 0.3) is 0 Å². The van der Waals surface area contributed by atoms with Crippen LogP contribution in [0.4, 0.5) is 0 Å². The molecule has 0 amide bonds. The minimum atomic E-state index is -0.731. The second kappa shape index (κ2) is 7.64. The van der Waals surface area contributed by atoms with Crippen LogP contribution in [0.3, 0.4) is 0 Å². The van der Waals surface area contributed by atoms with Gasteiger partial charge in [-0.1, -0.05) is 98.8 Å². The number of hydrogen-bond acceptors (Lipinski definition) is 1. The number of imidazole rings is 1. The van der Waals surface area contributed by atoms with Crippen molar-refractivity contribution >= 4 is 11.0 Å².